The van der Waals surface area contributed by atoms with Crippen molar-refractivity contribution in [3.63, 3.8) is 0 Å². The summed E-state index contributed by atoms with van der Waals surface area (Å²) >= 11 is 0. The van der Waals surface area contributed by atoms with E-state index in [0.29, 0.717) is 6.04 Å². The van der Waals surface area contributed by atoms with Crippen LogP contribution in [0.2, 0.25) is 0 Å². The highest BCUT2D eigenvalue weighted by molar-refractivity contribution is 4.88. The minimum absolute atomic E-state index is 0.617. The monoisotopic (exact) mass is 222 g/mol. The molecule has 1 aliphatic rings. The Labute approximate surface area is 97.7 Å². The Morgan fingerprint density at radius 1 is 1.50 bits per heavy atom. The summed E-state index contributed by atoms with van der Waals surface area (Å²) in [6, 6.07) is 0.617. The quantitative estimate of drug-likeness (QED) is 0.824. The first-order valence-electron chi connectivity index (χ1n) is 6.19. The summed E-state index contributed by atoms with van der Waals surface area (Å²) in [5.41, 5.74) is 0. The average molecular weight is 222 g/mol. The predicted molar refractivity (Wildman–Crippen MR) is 65.5 cm³/mol. The Kier molecular flexibility index (Phi) is 3.96. The van der Waals surface area contributed by atoms with Gasteiger partial charge in [0, 0.05) is 38.1 Å². The molecule has 1 fully saturated rings. The molecule has 0 radical (unpaired) electrons. The van der Waals surface area contributed by atoms with Gasteiger partial charge in [-0.3, -0.25) is 4.90 Å². The van der Waals surface area contributed by atoms with E-state index in [2.05, 4.69) is 39.8 Å². The Hall–Kier alpha value is -0.870. The number of hydrogen-bond acceptors (Lipinski definition) is 3. The van der Waals surface area contributed by atoms with Crippen molar-refractivity contribution in [2.45, 2.75) is 32.9 Å². The highest BCUT2D eigenvalue weighted by atomic mass is 15.2. The minimum atomic E-state index is 0.617. The number of hydrogen-bond donors (Lipinski definition) is 1. The number of nitrogens with one attached hydrogen (secondary N) is 1. The molecule has 0 amide bonds. The van der Waals surface area contributed by atoms with Crippen LogP contribution in [0.25, 0.3) is 0 Å². The molecule has 4 heteroatoms. The molecule has 0 aliphatic carbocycles. The van der Waals surface area contributed by atoms with Gasteiger partial charge in [0.25, 0.3) is 0 Å². The van der Waals surface area contributed by atoms with Gasteiger partial charge < -0.3 is 9.88 Å². The van der Waals surface area contributed by atoms with E-state index in [1.165, 1.54) is 13.0 Å². The second kappa shape index (κ2) is 5.46. The Morgan fingerprint density at radius 2 is 2.38 bits per heavy atom. The Morgan fingerprint density at radius 3 is 3.12 bits per heavy atom. The van der Waals surface area contributed by atoms with Crippen LogP contribution < -0.4 is 5.32 Å². The van der Waals surface area contributed by atoms with Crippen LogP contribution in [0, 0.1) is 6.92 Å². The SMILES string of the molecule is Cc1nccn1CCN1CCCNC(C)C1. The van der Waals surface area contributed by atoms with Gasteiger partial charge >= 0.3 is 0 Å². The molecule has 90 valence electrons. The molecule has 4 nitrogen and oxygen atoms in total. The summed E-state index contributed by atoms with van der Waals surface area (Å²) in [6.07, 6.45) is 5.20. The second-order valence-corrected chi connectivity index (χ2v) is 4.68. The molecule has 1 N–H and O–H groups in total. The number of imidazole rings is 1. The van der Waals surface area contributed by atoms with Crippen molar-refractivity contribution in [2.24, 2.45) is 0 Å². The summed E-state index contributed by atoms with van der Waals surface area (Å²) in [5, 5.41) is 3.52. The van der Waals surface area contributed by atoms with Crippen LogP contribution in [0.15, 0.2) is 12.4 Å². The largest absolute Gasteiger partial charge is 0.334 e. The van der Waals surface area contributed by atoms with Crippen molar-refractivity contribution in [1.82, 2.24) is 19.8 Å². The zero-order valence-corrected chi connectivity index (χ0v) is 10.3. The fourth-order valence-corrected chi connectivity index (χ4v) is 2.29. The van der Waals surface area contributed by atoms with Crippen molar-refractivity contribution >= 4 is 0 Å². The van der Waals surface area contributed by atoms with Gasteiger partial charge in [0.15, 0.2) is 0 Å². The van der Waals surface area contributed by atoms with Gasteiger partial charge in [0.1, 0.15) is 5.82 Å². The Balaban J connectivity index is 1.82. The molecular weight excluding hydrogens is 200 g/mol. The number of aryl methyl sites for hydroxylation is 1. The third kappa shape index (κ3) is 3.06. The van der Waals surface area contributed by atoms with Gasteiger partial charge in [-0.1, -0.05) is 0 Å². The highest BCUT2D eigenvalue weighted by Gasteiger charge is 2.13. The van der Waals surface area contributed by atoms with E-state index < -0.39 is 0 Å². The Bertz CT molecular complexity index is 321. The van der Waals surface area contributed by atoms with Crippen LogP contribution in [0.3, 0.4) is 0 Å². The fraction of sp³-hybridized carbons (Fsp3) is 0.750. The minimum Gasteiger partial charge on any atom is -0.334 e. The number of rotatable bonds is 3. The summed E-state index contributed by atoms with van der Waals surface area (Å²) in [5.74, 6) is 1.11. The first kappa shape index (κ1) is 11.6. The van der Waals surface area contributed by atoms with E-state index in [-0.39, 0.29) is 0 Å². The van der Waals surface area contributed by atoms with E-state index in [1.54, 1.807) is 0 Å². The van der Waals surface area contributed by atoms with Crippen LogP contribution in [0.1, 0.15) is 19.2 Å². The summed E-state index contributed by atoms with van der Waals surface area (Å²) in [4.78, 5) is 6.79. The van der Waals surface area contributed by atoms with Gasteiger partial charge in [-0.2, -0.15) is 0 Å². The van der Waals surface area contributed by atoms with Crippen molar-refractivity contribution in [1.29, 1.82) is 0 Å². The van der Waals surface area contributed by atoms with Gasteiger partial charge in [0.05, 0.1) is 0 Å². The van der Waals surface area contributed by atoms with Crippen molar-refractivity contribution in [2.75, 3.05) is 26.2 Å². The molecule has 0 spiro atoms. The van der Waals surface area contributed by atoms with E-state index >= 15 is 0 Å². The average Bonchev–Trinajstić information content (AvgIpc) is 2.54. The zero-order valence-electron chi connectivity index (χ0n) is 10.3. The molecule has 1 unspecified atom stereocenters. The summed E-state index contributed by atoms with van der Waals surface area (Å²) < 4.78 is 2.23. The first-order valence-corrected chi connectivity index (χ1v) is 6.19. The van der Waals surface area contributed by atoms with Gasteiger partial charge in [-0.05, 0) is 33.4 Å². The molecule has 0 aromatic carbocycles. The lowest BCUT2D eigenvalue weighted by molar-refractivity contribution is 0.261. The zero-order chi connectivity index (χ0) is 11.4. The number of aromatic nitrogens is 2. The van der Waals surface area contributed by atoms with Crippen LogP contribution in [-0.4, -0.2) is 46.7 Å². The molecule has 2 rings (SSSR count). The normalized spacial score (nSPS) is 23.2. The van der Waals surface area contributed by atoms with E-state index in [1.807, 2.05) is 6.20 Å². The third-order valence-corrected chi connectivity index (χ3v) is 3.26. The lowest BCUT2D eigenvalue weighted by atomic mass is 10.3. The maximum Gasteiger partial charge on any atom is 0.105 e. The van der Waals surface area contributed by atoms with Crippen LogP contribution in [0.5, 0.6) is 0 Å². The maximum absolute atomic E-state index is 4.25. The molecular formula is C12H22N4. The van der Waals surface area contributed by atoms with Crippen molar-refractivity contribution < 1.29 is 0 Å². The van der Waals surface area contributed by atoms with E-state index in [4.69, 9.17) is 0 Å². The van der Waals surface area contributed by atoms with Crippen LogP contribution in [0.4, 0.5) is 0 Å². The molecule has 1 aliphatic heterocycles. The maximum atomic E-state index is 4.25. The van der Waals surface area contributed by atoms with Gasteiger partial charge in [-0.25, -0.2) is 4.98 Å². The predicted octanol–water partition coefficient (Wildman–Crippen LogP) is 0.875. The van der Waals surface area contributed by atoms with Crippen LogP contribution >= 0.6 is 0 Å². The standard InChI is InChI=1S/C12H22N4/c1-11-10-15(6-3-4-13-11)8-9-16-7-5-14-12(16)2/h5,7,11,13H,3-4,6,8-10H2,1-2H3. The van der Waals surface area contributed by atoms with Crippen molar-refractivity contribution in [3.05, 3.63) is 18.2 Å². The third-order valence-electron chi connectivity index (χ3n) is 3.26. The molecule has 0 saturated carbocycles. The molecule has 16 heavy (non-hydrogen) atoms. The lowest BCUT2D eigenvalue weighted by Crippen LogP contribution is -2.36. The highest BCUT2D eigenvalue weighted by Crippen LogP contribution is 2.02. The van der Waals surface area contributed by atoms with E-state index in [0.717, 1.165) is 32.0 Å². The lowest BCUT2D eigenvalue weighted by Gasteiger charge is -2.22. The smallest absolute Gasteiger partial charge is 0.105 e. The second-order valence-electron chi connectivity index (χ2n) is 4.68. The molecule has 2 heterocycles. The molecule has 0 bridgehead atoms. The molecule has 1 saturated heterocycles. The summed E-state index contributed by atoms with van der Waals surface area (Å²) in [6.45, 7) is 10.0. The summed E-state index contributed by atoms with van der Waals surface area (Å²) in [7, 11) is 0. The van der Waals surface area contributed by atoms with E-state index in [9.17, 15) is 0 Å². The van der Waals surface area contributed by atoms with Gasteiger partial charge in [0.2, 0.25) is 0 Å². The van der Waals surface area contributed by atoms with Crippen molar-refractivity contribution in [3.8, 4) is 0 Å². The molecule has 1 aromatic rings. The number of nitrogens with zero attached hydrogens (tertiary/aromatic N) is 3. The first-order chi connectivity index (χ1) is 7.75. The topological polar surface area (TPSA) is 33.1 Å². The molecule has 1 aromatic heterocycles. The van der Waals surface area contributed by atoms with Crippen LogP contribution in [-0.2, 0) is 6.54 Å². The molecule has 1 atom stereocenters. The fourth-order valence-electron chi connectivity index (χ4n) is 2.29. The van der Waals surface area contributed by atoms with Gasteiger partial charge in [-0.15, -0.1) is 0 Å².